The van der Waals surface area contributed by atoms with Gasteiger partial charge in [0.1, 0.15) is 24.1 Å². The molecule has 0 bridgehead atoms. The summed E-state index contributed by atoms with van der Waals surface area (Å²) < 4.78 is 36.9. The van der Waals surface area contributed by atoms with Crippen LogP contribution in [0.3, 0.4) is 0 Å². The molecule has 0 spiro atoms. The molecule has 1 amide bonds. The fourth-order valence-corrected chi connectivity index (χ4v) is 4.31. The number of anilines is 1. The number of ether oxygens (including phenoxy) is 2. The minimum absolute atomic E-state index is 0.219. The standard InChI is InChI=1S/C21H27ClN2O5S/c1-5-20(24(30(4,26)27)16-7-6-8-17(13-16)28-3)21(25)23-11-12-29-18-10-9-15(2)19(22)14-18/h6-10,13-14,20H,5,11-12H2,1-4H3,(H,23,25)/t20-/m1/s1. The Morgan fingerprint density at radius 1 is 1.20 bits per heavy atom. The van der Waals surface area contributed by atoms with Crippen LogP contribution in [0.4, 0.5) is 5.69 Å². The van der Waals surface area contributed by atoms with Gasteiger partial charge in [-0.1, -0.05) is 30.7 Å². The number of halogens is 1. The summed E-state index contributed by atoms with van der Waals surface area (Å²) in [5.74, 6) is 0.693. The van der Waals surface area contributed by atoms with Gasteiger partial charge >= 0.3 is 0 Å². The van der Waals surface area contributed by atoms with E-state index in [4.69, 9.17) is 21.1 Å². The molecule has 9 heteroatoms. The second kappa shape index (κ2) is 10.5. The van der Waals surface area contributed by atoms with Crippen LogP contribution < -0.4 is 19.1 Å². The first kappa shape index (κ1) is 23.8. The smallest absolute Gasteiger partial charge is 0.244 e. The molecule has 7 nitrogen and oxygen atoms in total. The monoisotopic (exact) mass is 454 g/mol. The fraction of sp³-hybridized carbons (Fsp3) is 0.381. The van der Waals surface area contributed by atoms with Gasteiger partial charge in [-0.15, -0.1) is 0 Å². The van der Waals surface area contributed by atoms with Gasteiger partial charge in [0, 0.05) is 11.1 Å². The van der Waals surface area contributed by atoms with Gasteiger partial charge in [-0.25, -0.2) is 8.42 Å². The number of rotatable bonds is 10. The summed E-state index contributed by atoms with van der Waals surface area (Å²) in [4.78, 5) is 12.8. The van der Waals surface area contributed by atoms with Crippen LogP contribution >= 0.6 is 11.6 Å². The SMILES string of the molecule is CC[C@H](C(=O)NCCOc1ccc(C)c(Cl)c1)N(c1cccc(OC)c1)S(C)(=O)=O. The summed E-state index contributed by atoms with van der Waals surface area (Å²) in [6, 6.07) is 11.1. The van der Waals surface area contributed by atoms with Crippen LogP contribution in [-0.2, 0) is 14.8 Å². The molecular weight excluding hydrogens is 428 g/mol. The highest BCUT2D eigenvalue weighted by Gasteiger charge is 2.31. The van der Waals surface area contributed by atoms with Crippen molar-refractivity contribution in [3.63, 3.8) is 0 Å². The first-order chi connectivity index (χ1) is 14.2. The van der Waals surface area contributed by atoms with Gasteiger partial charge in [0.15, 0.2) is 0 Å². The van der Waals surface area contributed by atoms with Crippen molar-refractivity contribution in [2.75, 3.05) is 30.8 Å². The number of sulfonamides is 1. The van der Waals surface area contributed by atoms with Crippen molar-refractivity contribution >= 4 is 33.2 Å². The normalized spacial score (nSPS) is 12.2. The van der Waals surface area contributed by atoms with Gasteiger partial charge in [-0.05, 0) is 43.2 Å². The van der Waals surface area contributed by atoms with Gasteiger partial charge in [-0.3, -0.25) is 9.10 Å². The third-order valence-corrected chi connectivity index (χ3v) is 6.04. The first-order valence-corrected chi connectivity index (χ1v) is 11.7. The van der Waals surface area contributed by atoms with Crippen molar-refractivity contribution < 1.29 is 22.7 Å². The number of benzene rings is 2. The van der Waals surface area contributed by atoms with Crippen molar-refractivity contribution in [2.45, 2.75) is 26.3 Å². The number of amides is 1. The molecule has 0 saturated heterocycles. The van der Waals surface area contributed by atoms with Crippen molar-refractivity contribution in [1.29, 1.82) is 0 Å². The third kappa shape index (κ3) is 6.27. The molecule has 0 aliphatic heterocycles. The minimum atomic E-state index is -3.71. The summed E-state index contributed by atoms with van der Waals surface area (Å²) in [5.41, 5.74) is 1.31. The predicted molar refractivity (Wildman–Crippen MR) is 119 cm³/mol. The topological polar surface area (TPSA) is 84.9 Å². The van der Waals surface area contributed by atoms with E-state index in [0.717, 1.165) is 16.1 Å². The average molecular weight is 455 g/mol. The lowest BCUT2D eigenvalue weighted by molar-refractivity contribution is -0.122. The van der Waals surface area contributed by atoms with Crippen LogP contribution in [0.15, 0.2) is 42.5 Å². The maximum Gasteiger partial charge on any atom is 0.244 e. The second-order valence-corrected chi connectivity index (χ2v) is 9.00. The van der Waals surface area contributed by atoms with E-state index in [0.29, 0.717) is 28.6 Å². The van der Waals surface area contributed by atoms with Crippen LogP contribution in [0.5, 0.6) is 11.5 Å². The highest BCUT2D eigenvalue weighted by Crippen LogP contribution is 2.26. The lowest BCUT2D eigenvalue weighted by atomic mass is 10.2. The van der Waals surface area contributed by atoms with Gasteiger partial charge in [0.2, 0.25) is 15.9 Å². The van der Waals surface area contributed by atoms with Crippen LogP contribution in [-0.4, -0.2) is 46.9 Å². The summed E-state index contributed by atoms with van der Waals surface area (Å²) in [6.07, 6.45) is 1.37. The zero-order chi connectivity index (χ0) is 22.3. The Morgan fingerprint density at radius 3 is 2.53 bits per heavy atom. The molecule has 2 aromatic carbocycles. The molecule has 0 radical (unpaired) electrons. The number of methoxy groups -OCH3 is 1. The Hall–Kier alpha value is -2.45. The minimum Gasteiger partial charge on any atom is -0.497 e. The molecule has 0 aromatic heterocycles. The molecule has 0 aliphatic rings. The fourth-order valence-electron chi connectivity index (χ4n) is 2.93. The molecule has 0 heterocycles. The first-order valence-electron chi connectivity index (χ1n) is 9.47. The molecule has 30 heavy (non-hydrogen) atoms. The Bertz CT molecular complexity index is 981. The van der Waals surface area contributed by atoms with Crippen molar-refractivity contribution in [1.82, 2.24) is 5.32 Å². The van der Waals surface area contributed by atoms with Crippen molar-refractivity contribution in [3.8, 4) is 11.5 Å². The van der Waals surface area contributed by atoms with Crippen molar-refractivity contribution in [2.24, 2.45) is 0 Å². The van der Waals surface area contributed by atoms with Gasteiger partial charge < -0.3 is 14.8 Å². The number of aryl methyl sites for hydroxylation is 1. The van der Waals surface area contributed by atoms with Crippen LogP contribution in [0.2, 0.25) is 5.02 Å². The van der Waals surface area contributed by atoms with E-state index in [1.807, 2.05) is 13.0 Å². The van der Waals surface area contributed by atoms with Crippen molar-refractivity contribution in [3.05, 3.63) is 53.1 Å². The summed E-state index contributed by atoms with van der Waals surface area (Å²) in [6.45, 7) is 4.09. The maximum absolute atomic E-state index is 12.8. The molecular formula is C21H27ClN2O5S. The Balaban J connectivity index is 2.07. The molecule has 1 N–H and O–H groups in total. The molecule has 2 aromatic rings. The molecule has 2 rings (SSSR count). The van der Waals surface area contributed by atoms with Crippen LogP contribution in [0.1, 0.15) is 18.9 Å². The molecule has 0 fully saturated rings. The van der Waals surface area contributed by atoms with Gasteiger partial charge in [-0.2, -0.15) is 0 Å². The third-order valence-electron chi connectivity index (χ3n) is 4.45. The highest BCUT2D eigenvalue weighted by atomic mass is 35.5. The summed E-state index contributed by atoms with van der Waals surface area (Å²) >= 11 is 6.07. The second-order valence-electron chi connectivity index (χ2n) is 6.73. The van der Waals surface area contributed by atoms with Crippen LogP contribution in [0.25, 0.3) is 0 Å². The van der Waals surface area contributed by atoms with Gasteiger partial charge in [0.25, 0.3) is 0 Å². The van der Waals surface area contributed by atoms with E-state index in [1.165, 1.54) is 7.11 Å². The van der Waals surface area contributed by atoms with E-state index in [1.54, 1.807) is 43.3 Å². The lowest BCUT2D eigenvalue weighted by Crippen LogP contribution is -2.50. The number of carbonyl (C=O) groups excluding carboxylic acids is 1. The predicted octanol–water partition coefficient (Wildman–Crippen LogP) is 3.40. The zero-order valence-corrected chi connectivity index (χ0v) is 19.1. The van der Waals surface area contributed by atoms with E-state index in [-0.39, 0.29) is 13.2 Å². The average Bonchev–Trinajstić information content (AvgIpc) is 2.70. The van der Waals surface area contributed by atoms with E-state index < -0.39 is 22.0 Å². The Labute approximate surface area is 183 Å². The van der Waals surface area contributed by atoms with Crippen LogP contribution in [0, 0.1) is 6.92 Å². The highest BCUT2D eigenvalue weighted by molar-refractivity contribution is 7.92. The summed E-state index contributed by atoms with van der Waals surface area (Å²) in [5, 5.41) is 3.35. The molecule has 1 atom stereocenters. The number of hydrogen-bond donors (Lipinski definition) is 1. The quantitative estimate of drug-likeness (QED) is 0.556. The molecule has 0 aliphatic carbocycles. The number of hydrogen-bond acceptors (Lipinski definition) is 5. The Morgan fingerprint density at radius 2 is 1.93 bits per heavy atom. The molecule has 164 valence electrons. The molecule has 0 unspecified atom stereocenters. The Kier molecular flexibility index (Phi) is 8.37. The van der Waals surface area contributed by atoms with E-state index >= 15 is 0 Å². The molecule has 0 saturated carbocycles. The number of nitrogens with one attached hydrogen (secondary N) is 1. The largest absolute Gasteiger partial charge is 0.497 e. The van der Waals surface area contributed by atoms with E-state index in [2.05, 4.69) is 5.32 Å². The summed E-state index contributed by atoms with van der Waals surface area (Å²) in [7, 11) is -2.22. The van der Waals surface area contributed by atoms with Gasteiger partial charge in [0.05, 0.1) is 25.6 Å². The zero-order valence-electron chi connectivity index (χ0n) is 17.5. The van der Waals surface area contributed by atoms with E-state index in [9.17, 15) is 13.2 Å². The lowest BCUT2D eigenvalue weighted by Gasteiger charge is -2.30. The maximum atomic E-state index is 12.8. The number of nitrogens with zero attached hydrogens (tertiary/aromatic N) is 1. The number of carbonyl (C=O) groups is 1.